The standard InChI is InChI=1S/C22H32FN3O2.ClH/c1-3-12-28-18-6-4-16(5-7-18)25-10-8-17(9-11-25)26-21-13-15(2)19(23)14-20(21)24-22(26)27;/h13-14,16-18H,3-12H2,1-2H3,(H,24,27);1H/t16-,18-;. The molecule has 5 nitrogen and oxygen atoms in total. The summed E-state index contributed by atoms with van der Waals surface area (Å²) in [7, 11) is 0. The zero-order chi connectivity index (χ0) is 19.7. The lowest BCUT2D eigenvalue weighted by molar-refractivity contribution is 0.00254. The molecule has 1 saturated carbocycles. The number of nitrogens with one attached hydrogen (secondary N) is 1. The van der Waals surface area contributed by atoms with Crippen molar-refractivity contribution in [3.8, 4) is 0 Å². The number of aromatic amines is 1. The van der Waals surface area contributed by atoms with Crippen LogP contribution in [0.3, 0.4) is 0 Å². The van der Waals surface area contributed by atoms with Gasteiger partial charge in [-0.05, 0) is 69.6 Å². The number of benzene rings is 1. The van der Waals surface area contributed by atoms with Gasteiger partial charge in [-0.15, -0.1) is 12.4 Å². The van der Waals surface area contributed by atoms with E-state index in [1.165, 1.54) is 18.9 Å². The molecule has 2 aliphatic rings. The predicted octanol–water partition coefficient (Wildman–Crippen LogP) is 4.57. The molecule has 0 radical (unpaired) electrons. The molecule has 4 rings (SSSR count). The van der Waals surface area contributed by atoms with Crippen LogP contribution in [0.2, 0.25) is 0 Å². The molecule has 1 N–H and O–H groups in total. The van der Waals surface area contributed by atoms with E-state index in [1.807, 2.05) is 4.57 Å². The number of likely N-dealkylation sites (tertiary alicyclic amines) is 1. The second-order valence-electron chi connectivity index (χ2n) is 8.49. The highest BCUT2D eigenvalue weighted by molar-refractivity contribution is 5.85. The van der Waals surface area contributed by atoms with Crippen molar-refractivity contribution < 1.29 is 9.13 Å². The Labute approximate surface area is 178 Å². The van der Waals surface area contributed by atoms with E-state index in [0.717, 1.165) is 57.3 Å². The molecule has 0 atom stereocenters. The Morgan fingerprint density at radius 1 is 1.10 bits per heavy atom. The van der Waals surface area contributed by atoms with Gasteiger partial charge in [0, 0.05) is 31.8 Å². The van der Waals surface area contributed by atoms with E-state index < -0.39 is 0 Å². The molecule has 0 amide bonds. The number of rotatable bonds is 5. The zero-order valence-corrected chi connectivity index (χ0v) is 18.3. The Kier molecular flexibility index (Phi) is 7.41. The summed E-state index contributed by atoms with van der Waals surface area (Å²) in [5.41, 5.74) is 1.89. The molecular formula is C22H33ClFN3O2. The molecule has 1 aliphatic heterocycles. The van der Waals surface area contributed by atoms with Crippen LogP contribution in [0.25, 0.3) is 11.0 Å². The summed E-state index contributed by atoms with van der Waals surface area (Å²) in [4.78, 5) is 18.0. The van der Waals surface area contributed by atoms with E-state index in [9.17, 15) is 9.18 Å². The largest absolute Gasteiger partial charge is 0.378 e. The van der Waals surface area contributed by atoms with Crippen LogP contribution < -0.4 is 5.69 Å². The molecule has 1 saturated heterocycles. The van der Waals surface area contributed by atoms with E-state index in [-0.39, 0.29) is 30.0 Å². The molecule has 162 valence electrons. The van der Waals surface area contributed by atoms with Crippen LogP contribution in [0, 0.1) is 12.7 Å². The molecule has 7 heteroatoms. The molecule has 2 heterocycles. The number of piperidine rings is 1. The molecule has 2 fully saturated rings. The van der Waals surface area contributed by atoms with Crippen LogP contribution in [-0.2, 0) is 4.74 Å². The minimum Gasteiger partial charge on any atom is -0.378 e. The number of hydrogen-bond acceptors (Lipinski definition) is 3. The van der Waals surface area contributed by atoms with Crippen LogP contribution in [0.15, 0.2) is 16.9 Å². The fourth-order valence-corrected chi connectivity index (χ4v) is 4.98. The van der Waals surface area contributed by atoms with Gasteiger partial charge >= 0.3 is 5.69 Å². The molecule has 2 aromatic rings. The maximum absolute atomic E-state index is 13.8. The number of fused-ring (bicyclic) bond motifs is 1. The fourth-order valence-electron chi connectivity index (χ4n) is 4.98. The maximum atomic E-state index is 13.8. The molecule has 0 bridgehead atoms. The van der Waals surface area contributed by atoms with Gasteiger partial charge in [-0.3, -0.25) is 4.57 Å². The summed E-state index contributed by atoms with van der Waals surface area (Å²) in [5, 5.41) is 0. The minimum atomic E-state index is -0.269. The van der Waals surface area contributed by atoms with Crippen molar-refractivity contribution in [3.63, 3.8) is 0 Å². The van der Waals surface area contributed by atoms with Gasteiger partial charge in [-0.25, -0.2) is 9.18 Å². The van der Waals surface area contributed by atoms with Crippen molar-refractivity contribution in [1.29, 1.82) is 0 Å². The van der Waals surface area contributed by atoms with Crippen molar-refractivity contribution in [2.24, 2.45) is 0 Å². The number of H-pyrrole nitrogens is 1. The van der Waals surface area contributed by atoms with E-state index in [2.05, 4.69) is 16.8 Å². The first-order chi connectivity index (χ1) is 13.6. The second-order valence-corrected chi connectivity index (χ2v) is 8.49. The molecule has 0 unspecified atom stereocenters. The molecule has 0 spiro atoms. The van der Waals surface area contributed by atoms with Crippen LogP contribution in [0.1, 0.15) is 63.5 Å². The average molecular weight is 426 g/mol. The van der Waals surface area contributed by atoms with Crippen LogP contribution >= 0.6 is 12.4 Å². The number of nitrogens with zero attached hydrogens (tertiary/aromatic N) is 2. The SMILES string of the molecule is CCCO[C@H]1CC[C@H](N2CCC(n3c(=O)[nH]c4cc(F)c(C)cc43)CC2)CC1.Cl. The highest BCUT2D eigenvalue weighted by Gasteiger charge is 2.30. The Morgan fingerprint density at radius 3 is 2.45 bits per heavy atom. The number of halogens is 2. The first kappa shape index (κ1) is 22.3. The number of aryl methyl sites for hydroxylation is 1. The Morgan fingerprint density at radius 2 is 1.79 bits per heavy atom. The van der Waals surface area contributed by atoms with Gasteiger partial charge in [-0.1, -0.05) is 6.92 Å². The van der Waals surface area contributed by atoms with Crippen molar-refractivity contribution in [2.75, 3.05) is 19.7 Å². The van der Waals surface area contributed by atoms with Crippen molar-refractivity contribution in [3.05, 3.63) is 34.0 Å². The first-order valence-electron chi connectivity index (χ1n) is 10.8. The van der Waals surface area contributed by atoms with Gasteiger partial charge in [0.1, 0.15) is 5.82 Å². The lowest BCUT2D eigenvalue weighted by Crippen LogP contribution is -2.45. The minimum absolute atomic E-state index is 0. The van der Waals surface area contributed by atoms with Crippen LogP contribution in [0.4, 0.5) is 4.39 Å². The van der Waals surface area contributed by atoms with Crippen molar-refractivity contribution in [1.82, 2.24) is 14.5 Å². The van der Waals surface area contributed by atoms with E-state index in [0.29, 0.717) is 23.2 Å². The van der Waals surface area contributed by atoms with Gasteiger partial charge in [0.2, 0.25) is 0 Å². The van der Waals surface area contributed by atoms with Gasteiger partial charge in [0.05, 0.1) is 17.1 Å². The number of ether oxygens (including phenoxy) is 1. The normalized spacial score (nSPS) is 24.0. The number of imidazole rings is 1. The molecule has 1 aliphatic carbocycles. The van der Waals surface area contributed by atoms with Gasteiger partial charge in [-0.2, -0.15) is 0 Å². The van der Waals surface area contributed by atoms with E-state index in [4.69, 9.17) is 4.74 Å². The average Bonchev–Trinajstić information content (AvgIpc) is 3.02. The summed E-state index contributed by atoms with van der Waals surface area (Å²) in [6, 6.07) is 4.08. The van der Waals surface area contributed by atoms with Crippen molar-refractivity contribution >= 4 is 23.4 Å². The van der Waals surface area contributed by atoms with Gasteiger partial charge < -0.3 is 14.6 Å². The topological polar surface area (TPSA) is 50.3 Å². The smallest absolute Gasteiger partial charge is 0.326 e. The third kappa shape index (κ3) is 4.70. The first-order valence-corrected chi connectivity index (χ1v) is 10.8. The summed E-state index contributed by atoms with van der Waals surface area (Å²) >= 11 is 0. The Bertz CT molecular complexity index is 865. The number of hydrogen-bond donors (Lipinski definition) is 1. The molecule has 29 heavy (non-hydrogen) atoms. The second kappa shape index (κ2) is 9.63. The van der Waals surface area contributed by atoms with Gasteiger partial charge in [0.15, 0.2) is 0 Å². The highest BCUT2D eigenvalue weighted by atomic mass is 35.5. The van der Waals surface area contributed by atoms with E-state index in [1.54, 1.807) is 13.0 Å². The lowest BCUT2D eigenvalue weighted by Gasteiger charge is -2.41. The summed E-state index contributed by atoms with van der Waals surface area (Å²) in [6.07, 6.45) is 8.23. The molecule has 1 aromatic carbocycles. The Hall–Kier alpha value is -1.37. The van der Waals surface area contributed by atoms with Crippen LogP contribution in [-0.4, -0.2) is 46.3 Å². The summed E-state index contributed by atoms with van der Waals surface area (Å²) in [6.45, 7) is 6.83. The number of aromatic nitrogens is 2. The summed E-state index contributed by atoms with van der Waals surface area (Å²) in [5.74, 6) is -0.269. The van der Waals surface area contributed by atoms with Crippen LogP contribution in [0.5, 0.6) is 0 Å². The molecule has 1 aromatic heterocycles. The molecular weight excluding hydrogens is 393 g/mol. The quantitative estimate of drug-likeness (QED) is 0.763. The van der Waals surface area contributed by atoms with E-state index >= 15 is 0 Å². The maximum Gasteiger partial charge on any atom is 0.326 e. The van der Waals surface area contributed by atoms with Gasteiger partial charge in [0.25, 0.3) is 0 Å². The fraction of sp³-hybridized carbons (Fsp3) is 0.682. The zero-order valence-electron chi connectivity index (χ0n) is 17.5. The van der Waals surface area contributed by atoms with Crippen molar-refractivity contribution in [2.45, 2.75) is 77.0 Å². The highest BCUT2D eigenvalue weighted by Crippen LogP contribution is 2.31. The summed E-state index contributed by atoms with van der Waals surface area (Å²) < 4.78 is 21.6. The third-order valence-electron chi connectivity index (χ3n) is 6.58. The predicted molar refractivity (Wildman–Crippen MR) is 117 cm³/mol. The Balaban J connectivity index is 0.00000240. The third-order valence-corrected chi connectivity index (χ3v) is 6.58. The lowest BCUT2D eigenvalue weighted by atomic mass is 9.90. The monoisotopic (exact) mass is 425 g/mol.